The van der Waals surface area contributed by atoms with Gasteiger partial charge in [0.25, 0.3) is 0 Å². The van der Waals surface area contributed by atoms with Crippen molar-refractivity contribution in [2.75, 3.05) is 18.8 Å². The fraction of sp³-hybridized carbons (Fsp3) is 0.900. The third kappa shape index (κ3) is 1.58. The minimum atomic E-state index is 0.242. The Morgan fingerprint density at radius 3 is 2.77 bits per heavy atom. The zero-order valence-corrected chi connectivity index (χ0v) is 9.02. The van der Waals surface area contributed by atoms with E-state index in [-0.39, 0.29) is 5.91 Å². The van der Waals surface area contributed by atoms with Crippen molar-refractivity contribution in [2.24, 2.45) is 11.3 Å². The molecule has 1 spiro atoms. The molecule has 1 saturated heterocycles. The van der Waals surface area contributed by atoms with E-state index in [2.05, 4.69) is 12.6 Å². The predicted molar refractivity (Wildman–Crippen MR) is 55.9 cm³/mol. The number of carbonyl (C=O) groups is 1. The molecule has 13 heavy (non-hydrogen) atoms. The summed E-state index contributed by atoms with van der Waals surface area (Å²) in [5.74, 6) is 2.07. The Balaban J connectivity index is 1.89. The normalized spacial score (nSPS) is 38.0. The summed E-state index contributed by atoms with van der Waals surface area (Å²) in [4.78, 5) is 13.1. The van der Waals surface area contributed by atoms with Gasteiger partial charge in [0.1, 0.15) is 0 Å². The van der Waals surface area contributed by atoms with E-state index in [0.717, 1.165) is 24.8 Å². The van der Waals surface area contributed by atoms with Gasteiger partial charge in [0.05, 0.1) is 0 Å². The molecular weight excluding hydrogens is 182 g/mol. The third-order valence-corrected chi connectivity index (χ3v) is 4.10. The third-order valence-electron chi connectivity index (χ3n) is 3.59. The Morgan fingerprint density at radius 1 is 1.62 bits per heavy atom. The summed E-state index contributed by atoms with van der Waals surface area (Å²) in [7, 11) is 0. The second kappa shape index (κ2) is 3.19. The molecule has 0 aromatic rings. The van der Waals surface area contributed by atoms with Crippen LogP contribution in [0, 0.1) is 11.3 Å². The Morgan fingerprint density at radius 2 is 2.31 bits per heavy atom. The lowest BCUT2D eigenvalue weighted by molar-refractivity contribution is -0.128. The van der Waals surface area contributed by atoms with Crippen LogP contribution in [-0.4, -0.2) is 29.6 Å². The summed E-state index contributed by atoms with van der Waals surface area (Å²) in [5.41, 5.74) is 0.499. The van der Waals surface area contributed by atoms with Crippen molar-refractivity contribution in [3.8, 4) is 0 Å². The Hall–Kier alpha value is -0.180. The summed E-state index contributed by atoms with van der Waals surface area (Å²) >= 11 is 4.31. The highest BCUT2D eigenvalue weighted by Crippen LogP contribution is 2.51. The standard InChI is InChI=1S/C10H17NOS/c1-8(12)11-3-2-10(7-11)4-9(5-10)6-13/h9,13H,2-7H2,1H3. The Labute approximate surface area is 85.1 Å². The van der Waals surface area contributed by atoms with Crippen LogP contribution >= 0.6 is 12.6 Å². The number of nitrogens with zero attached hydrogens (tertiary/aromatic N) is 1. The van der Waals surface area contributed by atoms with E-state index in [1.807, 2.05) is 4.90 Å². The van der Waals surface area contributed by atoms with Crippen molar-refractivity contribution in [3.63, 3.8) is 0 Å². The quantitative estimate of drug-likeness (QED) is 0.636. The van der Waals surface area contributed by atoms with E-state index >= 15 is 0 Å². The van der Waals surface area contributed by atoms with Gasteiger partial charge >= 0.3 is 0 Å². The number of hydrogen-bond acceptors (Lipinski definition) is 2. The van der Waals surface area contributed by atoms with Gasteiger partial charge in [-0.05, 0) is 36.3 Å². The molecule has 0 aromatic heterocycles. The van der Waals surface area contributed by atoms with Crippen LogP contribution in [0.2, 0.25) is 0 Å². The minimum absolute atomic E-state index is 0.242. The zero-order chi connectivity index (χ0) is 9.47. The van der Waals surface area contributed by atoms with Gasteiger partial charge in [0.15, 0.2) is 0 Å². The first kappa shape index (κ1) is 9.38. The number of rotatable bonds is 1. The highest BCUT2D eigenvalue weighted by Gasteiger charge is 2.48. The van der Waals surface area contributed by atoms with Gasteiger partial charge in [-0.1, -0.05) is 0 Å². The van der Waals surface area contributed by atoms with Gasteiger partial charge in [0.2, 0.25) is 5.91 Å². The van der Waals surface area contributed by atoms with Crippen molar-refractivity contribution in [1.29, 1.82) is 0 Å². The van der Waals surface area contributed by atoms with Gasteiger partial charge < -0.3 is 4.90 Å². The SMILES string of the molecule is CC(=O)N1CCC2(CC(CS)C2)C1. The zero-order valence-electron chi connectivity index (χ0n) is 8.12. The fourth-order valence-electron chi connectivity index (χ4n) is 2.83. The van der Waals surface area contributed by atoms with Gasteiger partial charge in [-0.2, -0.15) is 12.6 Å². The maximum absolute atomic E-state index is 11.1. The number of hydrogen-bond donors (Lipinski definition) is 1. The second-order valence-electron chi connectivity index (χ2n) is 4.65. The number of thiol groups is 1. The molecule has 0 aromatic carbocycles. The van der Waals surface area contributed by atoms with E-state index in [9.17, 15) is 4.79 Å². The summed E-state index contributed by atoms with van der Waals surface area (Å²) in [6.07, 6.45) is 3.80. The lowest BCUT2D eigenvalue weighted by Crippen LogP contribution is -2.41. The maximum atomic E-state index is 11.1. The monoisotopic (exact) mass is 199 g/mol. The molecule has 2 aliphatic rings. The van der Waals surface area contributed by atoms with Gasteiger partial charge in [-0.15, -0.1) is 0 Å². The minimum Gasteiger partial charge on any atom is -0.342 e. The molecule has 1 aliphatic carbocycles. The summed E-state index contributed by atoms with van der Waals surface area (Å²) in [6.45, 7) is 3.66. The molecule has 0 radical (unpaired) electrons. The Kier molecular flexibility index (Phi) is 2.30. The van der Waals surface area contributed by atoms with Crippen molar-refractivity contribution in [1.82, 2.24) is 4.90 Å². The average molecular weight is 199 g/mol. The van der Waals surface area contributed by atoms with Crippen LogP contribution in [0.4, 0.5) is 0 Å². The molecule has 1 heterocycles. The largest absolute Gasteiger partial charge is 0.342 e. The first-order valence-corrected chi connectivity index (χ1v) is 5.65. The molecule has 2 rings (SSSR count). The molecule has 1 amide bonds. The molecule has 3 heteroatoms. The molecule has 1 saturated carbocycles. The molecular formula is C10H17NOS. The highest BCUT2D eigenvalue weighted by molar-refractivity contribution is 7.80. The number of amides is 1. The van der Waals surface area contributed by atoms with Crippen molar-refractivity contribution >= 4 is 18.5 Å². The second-order valence-corrected chi connectivity index (χ2v) is 5.01. The van der Waals surface area contributed by atoms with Crippen molar-refractivity contribution in [3.05, 3.63) is 0 Å². The lowest BCUT2D eigenvalue weighted by atomic mass is 9.62. The molecule has 2 nitrogen and oxygen atoms in total. The molecule has 74 valence electrons. The topological polar surface area (TPSA) is 20.3 Å². The fourth-order valence-corrected chi connectivity index (χ4v) is 3.09. The van der Waals surface area contributed by atoms with Crippen LogP contribution in [0.15, 0.2) is 0 Å². The molecule has 0 N–H and O–H groups in total. The van der Waals surface area contributed by atoms with Crippen LogP contribution in [0.3, 0.4) is 0 Å². The van der Waals surface area contributed by atoms with Crippen LogP contribution < -0.4 is 0 Å². The van der Waals surface area contributed by atoms with Gasteiger partial charge in [-0.25, -0.2) is 0 Å². The van der Waals surface area contributed by atoms with E-state index in [0.29, 0.717) is 5.41 Å². The van der Waals surface area contributed by atoms with Gasteiger partial charge in [0, 0.05) is 20.0 Å². The van der Waals surface area contributed by atoms with Crippen molar-refractivity contribution < 1.29 is 4.79 Å². The first-order valence-electron chi connectivity index (χ1n) is 5.02. The van der Waals surface area contributed by atoms with Crippen LogP contribution in [0.5, 0.6) is 0 Å². The highest BCUT2D eigenvalue weighted by atomic mass is 32.1. The van der Waals surface area contributed by atoms with E-state index in [1.54, 1.807) is 6.92 Å². The molecule has 0 unspecified atom stereocenters. The van der Waals surface area contributed by atoms with E-state index < -0.39 is 0 Å². The first-order chi connectivity index (χ1) is 6.15. The lowest BCUT2D eigenvalue weighted by Gasteiger charge is -2.44. The summed E-state index contributed by atoms with van der Waals surface area (Å²) in [6, 6.07) is 0. The van der Waals surface area contributed by atoms with Crippen LogP contribution in [0.1, 0.15) is 26.2 Å². The van der Waals surface area contributed by atoms with Crippen molar-refractivity contribution in [2.45, 2.75) is 26.2 Å². The maximum Gasteiger partial charge on any atom is 0.219 e. The van der Waals surface area contributed by atoms with Crippen LogP contribution in [-0.2, 0) is 4.79 Å². The number of carbonyl (C=O) groups excluding carboxylic acids is 1. The number of likely N-dealkylation sites (tertiary alicyclic amines) is 1. The molecule has 1 aliphatic heterocycles. The molecule has 0 bridgehead atoms. The average Bonchev–Trinajstić information content (AvgIpc) is 2.45. The smallest absolute Gasteiger partial charge is 0.219 e. The summed E-state index contributed by atoms with van der Waals surface area (Å²) < 4.78 is 0. The van der Waals surface area contributed by atoms with E-state index in [1.165, 1.54) is 19.3 Å². The molecule has 2 fully saturated rings. The van der Waals surface area contributed by atoms with Crippen LogP contribution in [0.25, 0.3) is 0 Å². The van der Waals surface area contributed by atoms with E-state index in [4.69, 9.17) is 0 Å². The Bertz CT molecular complexity index is 223. The summed E-state index contributed by atoms with van der Waals surface area (Å²) in [5, 5.41) is 0. The molecule has 0 atom stereocenters. The van der Waals surface area contributed by atoms with Gasteiger partial charge in [-0.3, -0.25) is 4.79 Å². The predicted octanol–water partition coefficient (Wildman–Crippen LogP) is 1.56.